The van der Waals surface area contributed by atoms with Gasteiger partial charge in [-0.15, -0.1) is 0 Å². The third kappa shape index (κ3) is 9.58. The number of allylic oxidation sites excluding steroid dienone is 2. The molecule has 8 heteroatoms. The Morgan fingerprint density at radius 3 is 2.27 bits per heavy atom. The zero-order valence-corrected chi connectivity index (χ0v) is 28.8. The molecule has 3 atom stereocenters. The maximum Gasteiger partial charge on any atom is 0.249 e. The highest BCUT2D eigenvalue weighted by Crippen LogP contribution is 2.44. The number of methoxy groups -OCH3 is 1. The molecule has 0 bridgehead atoms. The van der Waals surface area contributed by atoms with Gasteiger partial charge in [0.15, 0.2) is 0 Å². The summed E-state index contributed by atoms with van der Waals surface area (Å²) in [6, 6.07) is 25.4. The molecule has 0 fully saturated rings. The molecule has 0 aromatic heterocycles. The number of carbonyl (C=O) groups is 2. The lowest BCUT2D eigenvalue weighted by Crippen LogP contribution is -2.51. The number of nitrogens with two attached hydrogens (primary N) is 1. The minimum atomic E-state index is -1.28. The van der Waals surface area contributed by atoms with Crippen LogP contribution in [0.4, 0.5) is 0 Å². The van der Waals surface area contributed by atoms with E-state index < -0.39 is 23.3 Å². The summed E-state index contributed by atoms with van der Waals surface area (Å²) in [5, 5.41) is 15.3. The fourth-order valence-electron chi connectivity index (χ4n) is 6.58. The summed E-state index contributed by atoms with van der Waals surface area (Å²) in [5.74, 6) is 0.212. The number of carbonyl (C=O) groups excluding carboxylic acids is 2. The Kier molecular flexibility index (Phi) is 13.4. The van der Waals surface area contributed by atoms with Gasteiger partial charge in [0, 0.05) is 37.7 Å². The summed E-state index contributed by atoms with van der Waals surface area (Å²) in [7, 11) is 1.63. The number of hydrogen-bond donors (Lipinski definition) is 3. The van der Waals surface area contributed by atoms with Crippen LogP contribution in [0.1, 0.15) is 56.7 Å². The fraction of sp³-hybridized carbons (Fsp3) is 0.400. The van der Waals surface area contributed by atoms with Crippen LogP contribution in [0.25, 0.3) is 0 Å². The molecule has 4 N–H and O–H groups in total. The van der Waals surface area contributed by atoms with Crippen LogP contribution in [0.3, 0.4) is 0 Å². The minimum absolute atomic E-state index is 0.0823. The molecule has 8 nitrogen and oxygen atoms in total. The van der Waals surface area contributed by atoms with Crippen molar-refractivity contribution in [3.63, 3.8) is 0 Å². The summed E-state index contributed by atoms with van der Waals surface area (Å²) in [5.41, 5.74) is 9.32. The largest absolute Gasteiger partial charge is 0.497 e. The van der Waals surface area contributed by atoms with Crippen LogP contribution < -0.4 is 20.5 Å². The van der Waals surface area contributed by atoms with E-state index >= 15 is 0 Å². The maximum atomic E-state index is 13.8. The summed E-state index contributed by atoms with van der Waals surface area (Å²) in [6.45, 7) is 8.42. The number of hydrogen-bond acceptors (Lipinski definition) is 6. The number of aliphatic hydroxyl groups is 1. The molecule has 0 aliphatic heterocycles. The van der Waals surface area contributed by atoms with Crippen molar-refractivity contribution in [2.24, 2.45) is 17.1 Å². The van der Waals surface area contributed by atoms with E-state index in [4.69, 9.17) is 15.2 Å². The van der Waals surface area contributed by atoms with E-state index in [9.17, 15) is 14.7 Å². The Balaban J connectivity index is 1.61. The van der Waals surface area contributed by atoms with Crippen molar-refractivity contribution < 1.29 is 24.2 Å². The first-order valence-corrected chi connectivity index (χ1v) is 17.0. The average molecular weight is 654 g/mol. The molecule has 0 heterocycles. The second-order valence-electron chi connectivity index (χ2n) is 12.7. The van der Waals surface area contributed by atoms with Gasteiger partial charge in [-0.05, 0) is 73.6 Å². The lowest BCUT2D eigenvalue weighted by molar-refractivity contribution is -0.132. The minimum Gasteiger partial charge on any atom is -0.497 e. The normalized spacial score (nSPS) is 17.1. The van der Waals surface area contributed by atoms with Gasteiger partial charge in [-0.2, -0.15) is 0 Å². The summed E-state index contributed by atoms with van der Waals surface area (Å²) in [6.07, 6.45) is 4.92. The van der Waals surface area contributed by atoms with Crippen LogP contribution in [-0.2, 0) is 29.2 Å². The third-order valence-electron chi connectivity index (χ3n) is 8.95. The van der Waals surface area contributed by atoms with Gasteiger partial charge < -0.3 is 30.5 Å². The molecule has 0 saturated heterocycles. The zero-order chi connectivity index (χ0) is 34.5. The first-order valence-electron chi connectivity index (χ1n) is 17.0. The topological polar surface area (TPSA) is 114 Å². The molecule has 256 valence electrons. The highest BCUT2D eigenvalue weighted by Gasteiger charge is 2.48. The quantitative estimate of drug-likeness (QED) is 0.156. The van der Waals surface area contributed by atoms with Gasteiger partial charge in [-0.25, -0.2) is 0 Å². The van der Waals surface area contributed by atoms with Gasteiger partial charge in [-0.1, -0.05) is 86.2 Å². The molecule has 48 heavy (non-hydrogen) atoms. The number of nitrogens with one attached hydrogen (secondary N) is 1. The Hall–Kier alpha value is -4.40. The number of rotatable bonds is 18. The van der Waals surface area contributed by atoms with Gasteiger partial charge in [-0.3, -0.25) is 9.59 Å². The van der Waals surface area contributed by atoms with Crippen molar-refractivity contribution in [2.75, 3.05) is 26.7 Å². The van der Waals surface area contributed by atoms with Gasteiger partial charge in [0.25, 0.3) is 0 Å². The van der Waals surface area contributed by atoms with Gasteiger partial charge in [0.1, 0.15) is 18.1 Å². The highest BCUT2D eigenvalue weighted by molar-refractivity contribution is 5.97. The molecule has 0 saturated carbocycles. The van der Waals surface area contributed by atoms with Crippen molar-refractivity contribution >= 4 is 11.8 Å². The molecule has 1 unspecified atom stereocenters. The van der Waals surface area contributed by atoms with Crippen LogP contribution in [-0.4, -0.2) is 54.7 Å². The number of benzene rings is 3. The Bertz CT molecular complexity index is 1550. The Labute approximate surface area is 285 Å². The molecule has 0 radical (unpaired) electrons. The van der Waals surface area contributed by atoms with Crippen molar-refractivity contribution in [2.45, 2.75) is 65.7 Å². The van der Waals surface area contributed by atoms with Gasteiger partial charge in [0.05, 0.1) is 18.6 Å². The molecule has 1 aliphatic carbocycles. The first-order chi connectivity index (χ1) is 23.2. The molecule has 2 amide bonds. The zero-order valence-electron chi connectivity index (χ0n) is 28.8. The van der Waals surface area contributed by atoms with Crippen molar-refractivity contribution in [1.29, 1.82) is 0 Å². The second kappa shape index (κ2) is 17.7. The number of amides is 2. The lowest BCUT2D eigenvalue weighted by Gasteiger charge is -2.42. The molecule has 4 rings (SSSR count). The molecular weight excluding hydrogens is 602 g/mol. The first kappa shape index (κ1) is 36.4. The van der Waals surface area contributed by atoms with Gasteiger partial charge >= 0.3 is 0 Å². The SMILES string of the molecule is CCCN(CCC)C(=O)C1=CC(C)=CC(C(N)=O)([C@H](Cc2ccc(OCc3ccccc3)cc2)[C@@H](O)CNCc2cccc(OC)c2)C1. The predicted octanol–water partition coefficient (Wildman–Crippen LogP) is 5.98. The maximum absolute atomic E-state index is 13.8. The van der Waals surface area contributed by atoms with E-state index in [0.717, 1.165) is 46.6 Å². The molecule has 3 aromatic rings. The number of primary amides is 1. The van der Waals surface area contributed by atoms with Crippen LogP contribution in [0.15, 0.2) is 102 Å². The summed E-state index contributed by atoms with van der Waals surface area (Å²) < 4.78 is 11.4. The van der Waals surface area contributed by atoms with Gasteiger partial charge in [0.2, 0.25) is 11.8 Å². The van der Waals surface area contributed by atoms with E-state index in [2.05, 4.69) is 5.32 Å². The molecular formula is C40H51N3O5. The Morgan fingerprint density at radius 1 is 0.938 bits per heavy atom. The monoisotopic (exact) mass is 653 g/mol. The van der Waals surface area contributed by atoms with Crippen LogP contribution in [0, 0.1) is 11.3 Å². The third-order valence-corrected chi connectivity index (χ3v) is 8.95. The number of nitrogens with zero attached hydrogens (tertiary/aromatic N) is 1. The Morgan fingerprint density at radius 2 is 1.62 bits per heavy atom. The molecule has 0 spiro atoms. The molecule has 3 aromatic carbocycles. The van der Waals surface area contributed by atoms with Crippen molar-refractivity contribution in [3.8, 4) is 11.5 Å². The van der Waals surface area contributed by atoms with Crippen molar-refractivity contribution in [3.05, 3.63) is 119 Å². The smallest absolute Gasteiger partial charge is 0.249 e. The number of ether oxygens (including phenoxy) is 2. The summed E-state index contributed by atoms with van der Waals surface area (Å²) >= 11 is 0. The van der Waals surface area contributed by atoms with E-state index in [1.807, 2.05) is 117 Å². The van der Waals surface area contributed by atoms with E-state index in [1.165, 1.54) is 0 Å². The fourth-order valence-corrected chi connectivity index (χ4v) is 6.58. The van der Waals surface area contributed by atoms with Crippen LogP contribution in [0.5, 0.6) is 11.5 Å². The molecule has 1 aliphatic rings. The van der Waals surface area contributed by atoms with E-state index in [1.54, 1.807) is 7.11 Å². The van der Waals surface area contributed by atoms with E-state index in [-0.39, 0.29) is 18.9 Å². The lowest BCUT2D eigenvalue weighted by atomic mass is 9.63. The van der Waals surface area contributed by atoms with Crippen LogP contribution >= 0.6 is 0 Å². The second-order valence-corrected chi connectivity index (χ2v) is 12.7. The van der Waals surface area contributed by atoms with Crippen molar-refractivity contribution in [1.82, 2.24) is 10.2 Å². The van der Waals surface area contributed by atoms with E-state index in [0.29, 0.717) is 38.2 Å². The standard InChI is InChI=1S/C40H51N3O5/c1-5-19-43(20-6-2)38(45)33-21-29(3)24-40(25-33,39(41)46)36(37(44)27-42-26-32-13-10-14-35(22-32)47-4)23-30-15-17-34(18-16-30)48-28-31-11-8-7-9-12-31/h7-18,21-22,24,36-37,42,44H,5-6,19-20,23,25-28H2,1-4H3,(H2,41,46)/t36-,37+,40?/m1/s1. The summed E-state index contributed by atoms with van der Waals surface area (Å²) in [4.78, 5) is 29.3. The highest BCUT2D eigenvalue weighted by atomic mass is 16.5. The number of aliphatic hydroxyl groups excluding tert-OH is 1. The average Bonchev–Trinajstić information content (AvgIpc) is 3.09. The predicted molar refractivity (Wildman–Crippen MR) is 190 cm³/mol. The van der Waals surface area contributed by atoms with Crippen LogP contribution in [0.2, 0.25) is 0 Å².